The summed E-state index contributed by atoms with van der Waals surface area (Å²) in [4.78, 5) is 44.8. The molecule has 0 aliphatic carbocycles. The van der Waals surface area contributed by atoms with E-state index in [0.717, 1.165) is 0 Å². The van der Waals surface area contributed by atoms with Crippen LogP contribution in [0.15, 0.2) is 30.5 Å². The minimum absolute atomic E-state index is 0.108. The van der Waals surface area contributed by atoms with Crippen LogP contribution in [0.1, 0.15) is 31.3 Å². The summed E-state index contributed by atoms with van der Waals surface area (Å²) in [6, 6.07) is 5.52. The average Bonchev–Trinajstić information content (AvgIpc) is 2.64. The molecular weight excluding hydrogens is 336 g/mol. The van der Waals surface area contributed by atoms with Crippen molar-refractivity contribution in [1.29, 1.82) is 0 Å². The van der Waals surface area contributed by atoms with Gasteiger partial charge in [0.1, 0.15) is 17.8 Å². The zero-order valence-electron chi connectivity index (χ0n) is 15.1. The van der Waals surface area contributed by atoms with E-state index >= 15 is 0 Å². The molecule has 0 fully saturated rings. The van der Waals surface area contributed by atoms with Gasteiger partial charge in [-0.15, -0.1) is 0 Å². The molecule has 0 radical (unpaired) electrons. The third kappa shape index (κ3) is 4.53. The Morgan fingerprint density at radius 1 is 1.04 bits per heavy atom. The van der Waals surface area contributed by atoms with Gasteiger partial charge in [-0.25, -0.2) is 9.78 Å². The molecule has 0 saturated carbocycles. The highest BCUT2D eigenvalue weighted by Crippen LogP contribution is 2.09. The lowest BCUT2D eigenvalue weighted by Gasteiger charge is -2.22. The zero-order chi connectivity index (χ0) is 19.3. The first-order valence-corrected chi connectivity index (χ1v) is 8.24. The summed E-state index contributed by atoms with van der Waals surface area (Å²) in [5.74, 6) is -1.70. The van der Waals surface area contributed by atoms with Crippen LogP contribution in [0, 0.1) is 5.92 Å². The molecule has 1 aromatic heterocycles. The number of carbonyl (C=O) groups excluding carboxylic acids is 3. The number of aromatic nitrogens is 2. The summed E-state index contributed by atoms with van der Waals surface area (Å²) in [6.07, 6.45) is 1.35. The number of para-hydroxylation sites is 2. The molecule has 138 valence electrons. The van der Waals surface area contributed by atoms with Gasteiger partial charge in [-0.3, -0.25) is 14.6 Å². The molecule has 0 aliphatic rings. The molecule has 0 bridgehead atoms. The first-order valence-electron chi connectivity index (χ1n) is 8.24. The topological polar surface area (TPSA) is 110 Å². The number of nitrogens with zero attached hydrogens (tertiary/aromatic N) is 2. The molecule has 0 aliphatic heterocycles. The number of nitrogens with one attached hydrogen (secondary N) is 2. The highest BCUT2D eigenvalue weighted by Gasteiger charge is 2.27. The highest BCUT2D eigenvalue weighted by atomic mass is 16.5. The summed E-state index contributed by atoms with van der Waals surface area (Å²) >= 11 is 0. The standard InChI is InChI=1S/C18H22N4O4/c1-10(2)15(18(25)26-4)22-16(23)11(3)20-17(24)14-9-19-12-7-5-6-8-13(12)21-14/h5-11,15H,1-4H3,(H,20,24)(H,22,23)/t11-,15+/m0/s1. The maximum Gasteiger partial charge on any atom is 0.328 e. The molecular formula is C18H22N4O4. The zero-order valence-corrected chi connectivity index (χ0v) is 15.1. The summed E-state index contributed by atoms with van der Waals surface area (Å²) in [7, 11) is 1.26. The number of esters is 1. The van der Waals surface area contributed by atoms with E-state index in [1.54, 1.807) is 32.0 Å². The van der Waals surface area contributed by atoms with Crippen LogP contribution < -0.4 is 10.6 Å². The number of benzene rings is 1. The molecule has 0 unspecified atom stereocenters. The van der Waals surface area contributed by atoms with E-state index < -0.39 is 29.9 Å². The van der Waals surface area contributed by atoms with E-state index in [-0.39, 0.29) is 11.6 Å². The van der Waals surface area contributed by atoms with Crippen molar-refractivity contribution in [3.05, 3.63) is 36.2 Å². The highest BCUT2D eigenvalue weighted by molar-refractivity contribution is 5.97. The van der Waals surface area contributed by atoms with Crippen LogP contribution in [0.2, 0.25) is 0 Å². The minimum atomic E-state index is -0.860. The predicted octanol–water partition coefficient (Wildman–Crippen LogP) is 1.06. The first kappa shape index (κ1) is 19.3. The van der Waals surface area contributed by atoms with Gasteiger partial charge in [-0.1, -0.05) is 26.0 Å². The summed E-state index contributed by atoms with van der Waals surface area (Å²) in [5.41, 5.74) is 1.37. The number of carbonyl (C=O) groups is 3. The molecule has 2 rings (SSSR count). The Morgan fingerprint density at radius 2 is 1.69 bits per heavy atom. The molecule has 1 heterocycles. The normalized spacial score (nSPS) is 13.1. The minimum Gasteiger partial charge on any atom is -0.467 e. The Labute approximate surface area is 151 Å². The van der Waals surface area contributed by atoms with Gasteiger partial charge in [-0.05, 0) is 25.0 Å². The Kier molecular flexibility index (Phi) is 6.21. The lowest BCUT2D eigenvalue weighted by atomic mass is 10.0. The van der Waals surface area contributed by atoms with Gasteiger partial charge in [0.05, 0.1) is 24.3 Å². The molecule has 2 amide bonds. The van der Waals surface area contributed by atoms with Gasteiger partial charge in [0.25, 0.3) is 5.91 Å². The number of amides is 2. The molecule has 1 aromatic carbocycles. The molecule has 0 spiro atoms. The van der Waals surface area contributed by atoms with E-state index in [9.17, 15) is 14.4 Å². The van der Waals surface area contributed by atoms with E-state index in [1.807, 2.05) is 6.07 Å². The van der Waals surface area contributed by atoms with E-state index in [1.165, 1.54) is 20.2 Å². The van der Waals surface area contributed by atoms with Crippen molar-refractivity contribution < 1.29 is 19.1 Å². The van der Waals surface area contributed by atoms with Crippen molar-refractivity contribution >= 4 is 28.8 Å². The van der Waals surface area contributed by atoms with Gasteiger partial charge in [-0.2, -0.15) is 0 Å². The fraction of sp³-hybridized carbons (Fsp3) is 0.389. The number of hydrogen-bond donors (Lipinski definition) is 2. The fourth-order valence-electron chi connectivity index (χ4n) is 2.31. The average molecular weight is 358 g/mol. The van der Waals surface area contributed by atoms with Gasteiger partial charge >= 0.3 is 5.97 Å². The molecule has 8 nitrogen and oxygen atoms in total. The van der Waals surface area contributed by atoms with Gasteiger partial charge in [0, 0.05) is 0 Å². The smallest absolute Gasteiger partial charge is 0.328 e. The van der Waals surface area contributed by atoms with Crippen molar-refractivity contribution in [3.63, 3.8) is 0 Å². The van der Waals surface area contributed by atoms with Crippen LogP contribution in [0.3, 0.4) is 0 Å². The lowest BCUT2D eigenvalue weighted by molar-refractivity contribution is -0.146. The van der Waals surface area contributed by atoms with E-state index in [4.69, 9.17) is 0 Å². The lowest BCUT2D eigenvalue weighted by Crippen LogP contribution is -2.52. The maximum absolute atomic E-state index is 12.3. The van der Waals surface area contributed by atoms with Crippen LogP contribution in [0.5, 0.6) is 0 Å². The van der Waals surface area contributed by atoms with Crippen LogP contribution in [-0.2, 0) is 14.3 Å². The van der Waals surface area contributed by atoms with Crippen LogP contribution in [0.4, 0.5) is 0 Å². The van der Waals surface area contributed by atoms with Crippen molar-refractivity contribution in [2.24, 2.45) is 5.92 Å². The Morgan fingerprint density at radius 3 is 2.31 bits per heavy atom. The summed E-state index contributed by atoms with van der Waals surface area (Å²) in [5, 5.41) is 5.15. The number of fused-ring (bicyclic) bond motifs is 1. The maximum atomic E-state index is 12.3. The van der Waals surface area contributed by atoms with Crippen LogP contribution in [-0.4, -0.2) is 46.9 Å². The Balaban J connectivity index is 2.04. The fourth-order valence-corrected chi connectivity index (χ4v) is 2.31. The van der Waals surface area contributed by atoms with Crippen LogP contribution in [0.25, 0.3) is 11.0 Å². The molecule has 2 atom stereocenters. The number of ether oxygens (including phenoxy) is 1. The second kappa shape index (κ2) is 8.37. The number of rotatable bonds is 6. The van der Waals surface area contributed by atoms with Crippen molar-refractivity contribution in [2.45, 2.75) is 32.9 Å². The third-order valence-corrected chi connectivity index (χ3v) is 3.84. The van der Waals surface area contributed by atoms with Crippen LogP contribution >= 0.6 is 0 Å². The van der Waals surface area contributed by atoms with Gasteiger partial charge in [0.2, 0.25) is 5.91 Å². The summed E-state index contributed by atoms with van der Waals surface area (Å²) in [6.45, 7) is 5.10. The molecule has 26 heavy (non-hydrogen) atoms. The van der Waals surface area contributed by atoms with E-state index in [0.29, 0.717) is 11.0 Å². The SMILES string of the molecule is COC(=O)[C@H](NC(=O)[C@H](C)NC(=O)c1cnc2ccccc2n1)C(C)C. The van der Waals surface area contributed by atoms with E-state index in [2.05, 4.69) is 25.3 Å². The van der Waals surface area contributed by atoms with Crippen molar-refractivity contribution in [3.8, 4) is 0 Å². The monoisotopic (exact) mass is 358 g/mol. The molecule has 2 N–H and O–H groups in total. The quantitative estimate of drug-likeness (QED) is 0.747. The second-order valence-corrected chi connectivity index (χ2v) is 6.19. The van der Waals surface area contributed by atoms with Gasteiger partial charge in [0.15, 0.2) is 0 Å². The van der Waals surface area contributed by atoms with Gasteiger partial charge < -0.3 is 15.4 Å². The molecule has 0 saturated heterocycles. The third-order valence-electron chi connectivity index (χ3n) is 3.84. The number of methoxy groups -OCH3 is 1. The molecule has 2 aromatic rings. The predicted molar refractivity (Wildman–Crippen MR) is 95.3 cm³/mol. The Bertz CT molecular complexity index is 822. The first-order chi connectivity index (χ1) is 12.3. The van der Waals surface area contributed by atoms with Crippen molar-refractivity contribution in [2.75, 3.05) is 7.11 Å². The Hall–Kier alpha value is -3.03. The molecule has 8 heteroatoms. The summed E-state index contributed by atoms with van der Waals surface area (Å²) < 4.78 is 4.69. The van der Waals surface area contributed by atoms with Crippen molar-refractivity contribution in [1.82, 2.24) is 20.6 Å². The second-order valence-electron chi connectivity index (χ2n) is 6.19. The largest absolute Gasteiger partial charge is 0.467 e. The number of hydrogen-bond acceptors (Lipinski definition) is 6.